The van der Waals surface area contributed by atoms with Gasteiger partial charge in [0, 0.05) is 18.5 Å². The molecule has 0 aliphatic carbocycles. The molecule has 0 spiro atoms. The van der Waals surface area contributed by atoms with Crippen LogP contribution in [0.2, 0.25) is 0 Å². The molecule has 2 aromatic rings. The summed E-state index contributed by atoms with van der Waals surface area (Å²) in [5.74, 6) is 1.44. The van der Waals surface area contributed by atoms with Crippen LogP contribution in [0.1, 0.15) is 19.7 Å². The lowest BCUT2D eigenvalue weighted by molar-refractivity contribution is -0.123. The molecule has 1 N–H and O–H groups in total. The maximum atomic E-state index is 11.5. The summed E-state index contributed by atoms with van der Waals surface area (Å²) < 4.78 is 10.4. The number of amides is 1. The summed E-state index contributed by atoms with van der Waals surface area (Å²) in [5, 5.41) is 6.60. The molecule has 0 saturated carbocycles. The molecule has 106 valence electrons. The van der Waals surface area contributed by atoms with Crippen LogP contribution in [0.15, 0.2) is 28.8 Å². The van der Waals surface area contributed by atoms with Crippen molar-refractivity contribution in [3.05, 3.63) is 30.2 Å². The number of ether oxygens (including phenoxy) is 1. The normalized spacial score (nSPS) is 10.6. The van der Waals surface area contributed by atoms with Crippen molar-refractivity contribution in [1.29, 1.82) is 0 Å². The van der Waals surface area contributed by atoms with Gasteiger partial charge >= 0.3 is 0 Å². The van der Waals surface area contributed by atoms with E-state index < -0.39 is 0 Å². The highest BCUT2D eigenvalue weighted by molar-refractivity contribution is 5.77. The highest BCUT2D eigenvalue weighted by atomic mass is 16.5. The molecular formula is C14H17N3O3. The van der Waals surface area contributed by atoms with Crippen LogP contribution in [0.25, 0.3) is 11.4 Å². The number of carbonyl (C=O) groups is 1. The predicted octanol–water partition coefficient (Wildman–Crippen LogP) is 1.95. The van der Waals surface area contributed by atoms with Crippen molar-refractivity contribution >= 4 is 5.91 Å². The van der Waals surface area contributed by atoms with Crippen molar-refractivity contribution in [3.63, 3.8) is 0 Å². The molecule has 1 heterocycles. The number of aromatic nitrogens is 2. The SMILES string of the molecule is Cc1nc(-c2cccc(OCC(=O)NC(C)C)c2)no1. The van der Waals surface area contributed by atoms with E-state index in [2.05, 4.69) is 15.5 Å². The molecule has 0 atom stereocenters. The average Bonchev–Trinajstić information content (AvgIpc) is 2.83. The number of rotatable bonds is 5. The lowest BCUT2D eigenvalue weighted by atomic mass is 10.2. The largest absolute Gasteiger partial charge is 0.484 e. The highest BCUT2D eigenvalue weighted by Gasteiger charge is 2.08. The van der Waals surface area contributed by atoms with Gasteiger partial charge in [0.25, 0.3) is 5.91 Å². The van der Waals surface area contributed by atoms with Gasteiger partial charge in [-0.2, -0.15) is 4.98 Å². The maximum absolute atomic E-state index is 11.5. The zero-order valence-electron chi connectivity index (χ0n) is 11.7. The second-order valence-electron chi connectivity index (χ2n) is 4.68. The van der Waals surface area contributed by atoms with Gasteiger partial charge in [0.15, 0.2) is 6.61 Å². The van der Waals surface area contributed by atoms with Gasteiger partial charge in [0.1, 0.15) is 5.75 Å². The number of benzene rings is 1. The Morgan fingerprint density at radius 2 is 2.25 bits per heavy atom. The van der Waals surface area contributed by atoms with Crippen LogP contribution >= 0.6 is 0 Å². The summed E-state index contributed by atoms with van der Waals surface area (Å²) >= 11 is 0. The third-order valence-corrected chi connectivity index (χ3v) is 2.44. The first-order valence-electron chi connectivity index (χ1n) is 6.37. The van der Waals surface area contributed by atoms with Crippen molar-refractivity contribution < 1.29 is 14.1 Å². The molecule has 0 aliphatic heterocycles. The second-order valence-corrected chi connectivity index (χ2v) is 4.68. The van der Waals surface area contributed by atoms with Gasteiger partial charge in [-0.05, 0) is 26.0 Å². The van der Waals surface area contributed by atoms with E-state index in [1.54, 1.807) is 19.1 Å². The Hall–Kier alpha value is -2.37. The summed E-state index contributed by atoms with van der Waals surface area (Å²) in [6.45, 7) is 5.51. The fraction of sp³-hybridized carbons (Fsp3) is 0.357. The number of carbonyl (C=O) groups excluding carboxylic acids is 1. The highest BCUT2D eigenvalue weighted by Crippen LogP contribution is 2.21. The molecule has 0 saturated heterocycles. The van der Waals surface area contributed by atoms with Crippen molar-refractivity contribution in [2.75, 3.05) is 6.61 Å². The Labute approximate surface area is 117 Å². The maximum Gasteiger partial charge on any atom is 0.258 e. The van der Waals surface area contributed by atoms with Crippen LogP contribution in [0.3, 0.4) is 0 Å². The van der Waals surface area contributed by atoms with E-state index in [1.807, 2.05) is 26.0 Å². The standard InChI is InChI=1S/C14H17N3O3/c1-9(2)15-13(18)8-19-12-6-4-5-11(7-12)14-16-10(3)20-17-14/h4-7,9H,8H2,1-3H3,(H,15,18). The Balaban J connectivity index is 2.01. The van der Waals surface area contributed by atoms with E-state index in [1.165, 1.54) is 0 Å². The van der Waals surface area contributed by atoms with E-state index in [4.69, 9.17) is 9.26 Å². The molecule has 0 fully saturated rings. The lowest BCUT2D eigenvalue weighted by Gasteiger charge is -2.10. The van der Waals surface area contributed by atoms with Crippen LogP contribution in [-0.4, -0.2) is 28.7 Å². The second kappa shape index (κ2) is 6.18. The summed E-state index contributed by atoms with van der Waals surface area (Å²) in [6.07, 6.45) is 0. The topological polar surface area (TPSA) is 77.2 Å². The van der Waals surface area contributed by atoms with Gasteiger partial charge in [-0.25, -0.2) is 0 Å². The van der Waals surface area contributed by atoms with Crippen molar-refractivity contribution in [2.24, 2.45) is 0 Å². The van der Waals surface area contributed by atoms with Crippen molar-refractivity contribution in [1.82, 2.24) is 15.5 Å². The summed E-state index contributed by atoms with van der Waals surface area (Å²) in [6, 6.07) is 7.31. The van der Waals surface area contributed by atoms with Crippen LogP contribution in [0.4, 0.5) is 0 Å². The fourth-order valence-corrected chi connectivity index (χ4v) is 1.65. The van der Waals surface area contributed by atoms with Crippen LogP contribution in [0, 0.1) is 6.92 Å². The molecular weight excluding hydrogens is 258 g/mol. The van der Waals surface area contributed by atoms with Crippen molar-refractivity contribution in [3.8, 4) is 17.1 Å². The van der Waals surface area contributed by atoms with Crippen molar-refractivity contribution in [2.45, 2.75) is 26.8 Å². The average molecular weight is 275 g/mol. The molecule has 1 aromatic heterocycles. The molecule has 1 aromatic carbocycles. The Morgan fingerprint density at radius 3 is 2.90 bits per heavy atom. The molecule has 0 aliphatic rings. The van der Waals surface area contributed by atoms with E-state index in [0.717, 1.165) is 5.56 Å². The van der Waals surface area contributed by atoms with Gasteiger partial charge in [0.2, 0.25) is 11.7 Å². The van der Waals surface area contributed by atoms with Crippen LogP contribution in [0.5, 0.6) is 5.75 Å². The van der Waals surface area contributed by atoms with E-state index in [-0.39, 0.29) is 18.6 Å². The van der Waals surface area contributed by atoms with E-state index in [0.29, 0.717) is 17.5 Å². The van der Waals surface area contributed by atoms with Gasteiger partial charge < -0.3 is 14.6 Å². The summed E-state index contributed by atoms with van der Waals surface area (Å²) in [4.78, 5) is 15.7. The third kappa shape index (κ3) is 3.81. The minimum absolute atomic E-state index is 0.0209. The first-order valence-corrected chi connectivity index (χ1v) is 6.37. The Bertz CT molecular complexity index is 593. The zero-order chi connectivity index (χ0) is 14.5. The molecule has 1 amide bonds. The Morgan fingerprint density at radius 1 is 1.45 bits per heavy atom. The molecule has 2 rings (SSSR count). The number of hydrogen-bond donors (Lipinski definition) is 1. The minimum Gasteiger partial charge on any atom is -0.484 e. The third-order valence-electron chi connectivity index (χ3n) is 2.44. The van der Waals surface area contributed by atoms with E-state index in [9.17, 15) is 4.79 Å². The number of nitrogens with one attached hydrogen (secondary N) is 1. The number of hydrogen-bond acceptors (Lipinski definition) is 5. The van der Waals surface area contributed by atoms with Crippen LogP contribution < -0.4 is 10.1 Å². The van der Waals surface area contributed by atoms with E-state index >= 15 is 0 Å². The number of nitrogens with zero attached hydrogens (tertiary/aromatic N) is 2. The van der Waals surface area contributed by atoms with Gasteiger partial charge in [-0.1, -0.05) is 17.3 Å². The lowest BCUT2D eigenvalue weighted by Crippen LogP contribution is -2.34. The number of aryl methyl sites for hydroxylation is 1. The molecule has 6 nitrogen and oxygen atoms in total. The molecule has 0 radical (unpaired) electrons. The first-order chi connectivity index (χ1) is 9.54. The summed E-state index contributed by atoms with van der Waals surface area (Å²) in [7, 11) is 0. The zero-order valence-corrected chi connectivity index (χ0v) is 11.7. The minimum atomic E-state index is -0.152. The van der Waals surface area contributed by atoms with Gasteiger partial charge in [-0.3, -0.25) is 4.79 Å². The fourth-order valence-electron chi connectivity index (χ4n) is 1.65. The molecule has 6 heteroatoms. The van der Waals surface area contributed by atoms with Gasteiger partial charge in [0.05, 0.1) is 0 Å². The monoisotopic (exact) mass is 275 g/mol. The van der Waals surface area contributed by atoms with Crippen LogP contribution in [-0.2, 0) is 4.79 Å². The first kappa shape index (κ1) is 14.0. The Kier molecular flexibility index (Phi) is 4.34. The quantitative estimate of drug-likeness (QED) is 0.902. The smallest absolute Gasteiger partial charge is 0.258 e. The van der Waals surface area contributed by atoms with Gasteiger partial charge in [-0.15, -0.1) is 0 Å². The molecule has 20 heavy (non-hydrogen) atoms. The predicted molar refractivity (Wildman–Crippen MR) is 73.2 cm³/mol. The summed E-state index contributed by atoms with van der Waals surface area (Å²) in [5.41, 5.74) is 0.781. The molecule has 0 unspecified atom stereocenters. The molecule has 0 bridgehead atoms.